The summed E-state index contributed by atoms with van der Waals surface area (Å²) in [5.41, 5.74) is 7.10. The van der Waals surface area contributed by atoms with Crippen LogP contribution in [0, 0.1) is 0 Å². The molecule has 2 aromatic rings. The fourth-order valence-electron chi connectivity index (χ4n) is 1.75. The van der Waals surface area contributed by atoms with Gasteiger partial charge in [-0.1, -0.05) is 30.3 Å². The monoisotopic (exact) mass is 350 g/mol. The van der Waals surface area contributed by atoms with Crippen LogP contribution >= 0.6 is 23.6 Å². The normalized spacial score (nSPS) is 10.1. The highest BCUT2D eigenvalue weighted by atomic mass is 32.1. The number of hydrogen-bond donors (Lipinski definition) is 3. The number of amides is 1. The topological polar surface area (TPSA) is 75.3 Å². The van der Waals surface area contributed by atoms with Gasteiger partial charge in [0.05, 0.1) is 18.7 Å². The van der Waals surface area contributed by atoms with Crippen molar-refractivity contribution in [3.63, 3.8) is 0 Å². The number of hydrogen-bond acceptors (Lipinski definition) is 5. The van der Waals surface area contributed by atoms with Crippen LogP contribution in [0.4, 0.5) is 0 Å². The third-order valence-electron chi connectivity index (χ3n) is 2.84. The highest BCUT2D eigenvalue weighted by Crippen LogP contribution is 2.21. The van der Waals surface area contributed by atoms with Gasteiger partial charge in [-0.05, 0) is 12.2 Å². The Morgan fingerprint density at radius 2 is 2.09 bits per heavy atom. The SMILES string of the molecule is COCCNC(=S)NNC(=O)Cc1nc(-c2ccccc2)cs1. The van der Waals surface area contributed by atoms with Gasteiger partial charge < -0.3 is 10.1 Å². The lowest BCUT2D eigenvalue weighted by Gasteiger charge is -2.10. The molecule has 0 saturated carbocycles. The van der Waals surface area contributed by atoms with Crippen LogP contribution in [-0.2, 0) is 16.0 Å². The van der Waals surface area contributed by atoms with Gasteiger partial charge in [-0.25, -0.2) is 4.98 Å². The van der Waals surface area contributed by atoms with E-state index in [0.717, 1.165) is 16.3 Å². The molecular weight excluding hydrogens is 332 g/mol. The average molecular weight is 350 g/mol. The number of carbonyl (C=O) groups is 1. The first-order valence-electron chi connectivity index (χ1n) is 7.00. The predicted molar refractivity (Wildman–Crippen MR) is 95.0 cm³/mol. The molecule has 6 nitrogen and oxygen atoms in total. The highest BCUT2D eigenvalue weighted by molar-refractivity contribution is 7.80. The summed E-state index contributed by atoms with van der Waals surface area (Å²) in [6.07, 6.45) is 0.200. The molecule has 0 aliphatic heterocycles. The summed E-state index contributed by atoms with van der Waals surface area (Å²) < 4.78 is 4.89. The van der Waals surface area contributed by atoms with Crippen LogP contribution in [0.5, 0.6) is 0 Å². The molecule has 0 aliphatic rings. The van der Waals surface area contributed by atoms with Crippen molar-refractivity contribution in [2.24, 2.45) is 0 Å². The Kier molecular flexibility index (Phi) is 6.92. The second kappa shape index (κ2) is 9.19. The summed E-state index contributed by atoms with van der Waals surface area (Å²) in [7, 11) is 1.61. The molecule has 0 bridgehead atoms. The lowest BCUT2D eigenvalue weighted by molar-refractivity contribution is -0.121. The third-order valence-corrected chi connectivity index (χ3v) is 3.94. The Balaban J connectivity index is 1.78. The maximum atomic E-state index is 11.9. The Hall–Kier alpha value is -2.03. The van der Waals surface area contributed by atoms with Gasteiger partial charge in [-0.2, -0.15) is 0 Å². The van der Waals surface area contributed by atoms with Crippen LogP contribution in [0.15, 0.2) is 35.7 Å². The fraction of sp³-hybridized carbons (Fsp3) is 0.267. The Morgan fingerprint density at radius 1 is 1.30 bits per heavy atom. The van der Waals surface area contributed by atoms with Crippen molar-refractivity contribution < 1.29 is 9.53 Å². The molecule has 1 amide bonds. The molecule has 0 aliphatic carbocycles. The van der Waals surface area contributed by atoms with Gasteiger partial charge in [0, 0.05) is 24.6 Å². The summed E-state index contributed by atoms with van der Waals surface area (Å²) in [6, 6.07) is 9.86. The maximum absolute atomic E-state index is 11.9. The number of methoxy groups -OCH3 is 1. The largest absolute Gasteiger partial charge is 0.383 e. The number of benzene rings is 1. The molecule has 122 valence electrons. The Bertz CT molecular complexity index is 646. The van der Waals surface area contributed by atoms with Crippen molar-refractivity contribution in [2.75, 3.05) is 20.3 Å². The molecule has 0 fully saturated rings. The van der Waals surface area contributed by atoms with Crippen LogP contribution in [0.25, 0.3) is 11.3 Å². The first-order valence-corrected chi connectivity index (χ1v) is 8.29. The molecule has 1 aromatic carbocycles. The van der Waals surface area contributed by atoms with E-state index in [-0.39, 0.29) is 12.3 Å². The van der Waals surface area contributed by atoms with E-state index >= 15 is 0 Å². The van der Waals surface area contributed by atoms with Crippen molar-refractivity contribution in [2.45, 2.75) is 6.42 Å². The number of thiocarbonyl (C=S) groups is 1. The van der Waals surface area contributed by atoms with E-state index in [1.54, 1.807) is 7.11 Å². The standard InChI is InChI=1S/C15H18N4O2S2/c1-21-8-7-16-15(22)19-18-13(20)9-14-17-12(10-23-14)11-5-3-2-4-6-11/h2-6,10H,7-9H2,1H3,(H,18,20)(H2,16,19,22). The number of thiazole rings is 1. The summed E-state index contributed by atoms with van der Waals surface area (Å²) >= 11 is 6.47. The van der Waals surface area contributed by atoms with Crippen molar-refractivity contribution in [1.82, 2.24) is 21.2 Å². The highest BCUT2D eigenvalue weighted by Gasteiger charge is 2.09. The van der Waals surface area contributed by atoms with E-state index in [2.05, 4.69) is 21.2 Å². The zero-order valence-corrected chi connectivity index (χ0v) is 14.3. The average Bonchev–Trinajstić information content (AvgIpc) is 3.02. The molecule has 0 spiro atoms. The van der Waals surface area contributed by atoms with E-state index < -0.39 is 0 Å². The quantitative estimate of drug-likeness (QED) is 0.416. The molecule has 2 rings (SSSR count). The van der Waals surface area contributed by atoms with E-state index in [9.17, 15) is 4.79 Å². The van der Waals surface area contributed by atoms with Crippen molar-refractivity contribution in [1.29, 1.82) is 0 Å². The van der Waals surface area contributed by atoms with Gasteiger partial charge in [-0.3, -0.25) is 15.6 Å². The minimum Gasteiger partial charge on any atom is -0.383 e. The maximum Gasteiger partial charge on any atom is 0.245 e. The summed E-state index contributed by atoms with van der Waals surface area (Å²) in [5.74, 6) is -0.199. The lowest BCUT2D eigenvalue weighted by atomic mass is 10.2. The second-order valence-corrected chi connectivity index (χ2v) is 5.94. The van der Waals surface area contributed by atoms with E-state index in [0.29, 0.717) is 18.3 Å². The van der Waals surface area contributed by atoms with Crippen LogP contribution in [0.2, 0.25) is 0 Å². The van der Waals surface area contributed by atoms with Crippen molar-refractivity contribution >= 4 is 34.6 Å². The van der Waals surface area contributed by atoms with Crippen LogP contribution in [0.3, 0.4) is 0 Å². The fourth-order valence-corrected chi connectivity index (χ4v) is 2.71. The number of nitrogens with zero attached hydrogens (tertiary/aromatic N) is 1. The van der Waals surface area contributed by atoms with E-state index in [1.165, 1.54) is 11.3 Å². The predicted octanol–water partition coefficient (Wildman–Crippen LogP) is 1.49. The zero-order chi connectivity index (χ0) is 16.5. The Morgan fingerprint density at radius 3 is 2.83 bits per heavy atom. The second-order valence-electron chi connectivity index (χ2n) is 4.59. The van der Waals surface area contributed by atoms with E-state index in [4.69, 9.17) is 17.0 Å². The first kappa shape index (κ1) is 17.3. The van der Waals surface area contributed by atoms with Gasteiger partial charge in [0.15, 0.2) is 5.11 Å². The minimum absolute atomic E-state index is 0.199. The molecule has 23 heavy (non-hydrogen) atoms. The lowest BCUT2D eigenvalue weighted by Crippen LogP contribution is -2.47. The number of nitrogens with one attached hydrogen (secondary N) is 3. The summed E-state index contributed by atoms with van der Waals surface area (Å²) in [4.78, 5) is 16.3. The van der Waals surface area contributed by atoms with Crippen LogP contribution in [0.1, 0.15) is 5.01 Å². The zero-order valence-electron chi connectivity index (χ0n) is 12.7. The molecule has 1 heterocycles. The molecule has 0 radical (unpaired) electrons. The molecular formula is C15H18N4O2S2. The van der Waals surface area contributed by atoms with Gasteiger partial charge in [0.1, 0.15) is 5.01 Å². The molecule has 8 heteroatoms. The number of carbonyl (C=O) groups excluding carboxylic acids is 1. The third kappa shape index (κ3) is 5.93. The molecule has 0 atom stereocenters. The number of aromatic nitrogens is 1. The van der Waals surface area contributed by atoms with Gasteiger partial charge in [-0.15, -0.1) is 11.3 Å². The number of hydrazine groups is 1. The van der Waals surface area contributed by atoms with Crippen LogP contribution < -0.4 is 16.2 Å². The van der Waals surface area contributed by atoms with Crippen LogP contribution in [-0.4, -0.2) is 36.3 Å². The van der Waals surface area contributed by atoms with Gasteiger partial charge in [0.2, 0.25) is 5.91 Å². The van der Waals surface area contributed by atoms with Crippen molar-refractivity contribution in [3.05, 3.63) is 40.7 Å². The van der Waals surface area contributed by atoms with Crippen molar-refractivity contribution in [3.8, 4) is 11.3 Å². The molecule has 0 unspecified atom stereocenters. The first-order chi connectivity index (χ1) is 11.2. The molecule has 1 aromatic heterocycles. The number of ether oxygens (including phenoxy) is 1. The minimum atomic E-state index is -0.199. The summed E-state index contributed by atoms with van der Waals surface area (Å²) in [6.45, 7) is 1.11. The van der Waals surface area contributed by atoms with Gasteiger partial charge >= 0.3 is 0 Å². The summed E-state index contributed by atoms with van der Waals surface area (Å²) in [5, 5.41) is 5.94. The molecule has 3 N–H and O–H groups in total. The van der Waals surface area contributed by atoms with Gasteiger partial charge in [0.25, 0.3) is 0 Å². The smallest absolute Gasteiger partial charge is 0.245 e. The molecule has 0 saturated heterocycles. The van der Waals surface area contributed by atoms with E-state index in [1.807, 2.05) is 35.7 Å². The Labute approximate surface area is 144 Å². The number of rotatable bonds is 6.